The van der Waals surface area contributed by atoms with Crippen LogP contribution in [0.2, 0.25) is 5.02 Å². The van der Waals surface area contributed by atoms with E-state index in [1.54, 1.807) is 24.7 Å². The van der Waals surface area contributed by atoms with Gasteiger partial charge >= 0.3 is 0 Å². The second-order valence-corrected chi connectivity index (χ2v) is 5.64. The number of aromatic nitrogens is 2. The van der Waals surface area contributed by atoms with Gasteiger partial charge in [-0.2, -0.15) is 0 Å². The zero-order valence-electron chi connectivity index (χ0n) is 13.5. The Hall–Kier alpha value is -2.38. The number of nitrogens with zero attached hydrogens (tertiary/aromatic N) is 3. The van der Waals surface area contributed by atoms with Gasteiger partial charge in [0, 0.05) is 31.7 Å². The number of methoxy groups -OCH3 is 1. The number of hydrogen-bond donors (Lipinski definition) is 1. The van der Waals surface area contributed by atoms with Crippen LogP contribution in [0.5, 0.6) is 11.5 Å². The molecule has 2 N–H and O–H groups in total. The number of nitrogens with two attached hydrogens (primary N) is 1. The molecule has 2 rings (SSSR count). The summed E-state index contributed by atoms with van der Waals surface area (Å²) in [5, 5.41) is 0.360. The second-order valence-electron chi connectivity index (χ2n) is 5.23. The zero-order valence-corrected chi connectivity index (χ0v) is 14.3. The lowest BCUT2D eigenvalue weighted by Crippen LogP contribution is -2.20. The molecule has 1 heterocycles. The van der Waals surface area contributed by atoms with Gasteiger partial charge < -0.3 is 15.2 Å². The van der Waals surface area contributed by atoms with Crippen molar-refractivity contribution in [1.82, 2.24) is 14.9 Å². The minimum absolute atomic E-state index is 0.262. The summed E-state index contributed by atoms with van der Waals surface area (Å²) < 4.78 is 10.6. The summed E-state index contributed by atoms with van der Waals surface area (Å²) in [5.41, 5.74) is 6.90. The maximum absolute atomic E-state index is 10.9. The fourth-order valence-corrected chi connectivity index (χ4v) is 2.49. The highest BCUT2D eigenvalue weighted by Gasteiger charge is 2.14. The molecular weight excluding hydrogens is 332 g/mol. The second kappa shape index (κ2) is 8.47. The Kier molecular flexibility index (Phi) is 6.34. The van der Waals surface area contributed by atoms with Gasteiger partial charge in [-0.3, -0.25) is 19.7 Å². The molecule has 0 aliphatic carbocycles. The summed E-state index contributed by atoms with van der Waals surface area (Å²) in [6.07, 6.45) is 5.03. The van der Waals surface area contributed by atoms with Gasteiger partial charge in [0.1, 0.15) is 0 Å². The molecule has 1 aromatic carbocycles. The van der Waals surface area contributed by atoms with E-state index < -0.39 is 5.91 Å². The van der Waals surface area contributed by atoms with Gasteiger partial charge in [-0.15, -0.1) is 0 Å². The van der Waals surface area contributed by atoms with E-state index in [0.29, 0.717) is 29.6 Å². The monoisotopic (exact) mass is 350 g/mol. The number of halogens is 1. The van der Waals surface area contributed by atoms with Gasteiger partial charge in [0.25, 0.3) is 5.91 Å². The lowest BCUT2D eigenvalue weighted by atomic mass is 10.2. The molecule has 7 nitrogen and oxygen atoms in total. The van der Waals surface area contributed by atoms with Crippen molar-refractivity contribution in [2.75, 3.05) is 20.8 Å². The normalized spacial score (nSPS) is 10.7. The molecule has 128 valence electrons. The van der Waals surface area contributed by atoms with Gasteiger partial charge in [-0.1, -0.05) is 11.6 Å². The lowest BCUT2D eigenvalue weighted by molar-refractivity contribution is -0.119. The van der Waals surface area contributed by atoms with Gasteiger partial charge in [-0.25, -0.2) is 0 Å². The highest BCUT2D eigenvalue weighted by molar-refractivity contribution is 6.32. The number of carbonyl (C=O) groups is 1. The molecule has 0 fully saturated rings. The molecule has 0 aliphatic rings. The predicted molar refractivity (Wildman–Crippen MR) is 89.9 cm³/mol. The van der Waals surface area contributed by atoms with Crippen molar-refractivity contribution in [3.05, 3.63) is 47.0 Å². The van der Waals surface area contributed by atoms with Crippen LogP contribution in [0.25, 0.3) is 0 Å². The molecule has 0 spiro atoms. The van der Waals surface area contributed by atoms with E-state index in [0.717, 1.165) is 11.3 Å². The molecule has 24 heavy (non-hydrogen) atoms. The van der Waals surface area contributed by atoms with Crippen LogP contribution in [0, 0.1) is 0 Å². The zero-order chi connectivity index (χ0) is 17.5. The van der Waals surface area contributed by atoms with E-state index in [1.165, 1.54) is 7.11 Å². The standard InChI is InChI=1S/C16H19ClN4O3/c1-21(9-12-7-19-3-4-20-12)8-11-5-13(17)16(14(6-11)23-2)24-10-15(18)22/h3-7H,8-10H2,1-2H3,(H2,18,22). The van der Waals surface area contributed by atoms with E-state index in [-0.39, 0.29) is 6.61 Å². The van der Waals surface area contributed by atoms with E-state index >= 15 is 0 Å². The number of benzene rings is 1. The Morgan fingerprint density at radius 3 is 2.75 bits per heavy atom. The Morgan fingerprint density at radius 2 is 2.12 bits per heavy atom. The molecule has 1 amide bonds. The molecule has 0 saturated heterocycles. The van der Waals surface area contributed by atoms with Crippen molar-refractivity contribution in [1.29, 1.82) is 0 Å². The first kappa shape index (κ1) is 18.0. The van der Waals surface area contributed by atoms with Crippen molar-refractivity contribution in [3.63, 3.8) is 0 Å². The Balaban J connectivity index is 2.10. The van der Waals surface area contributed by atoms with Crippen LogP contribution in [0.3, 0.4) is 0 Å². The van der Waals surface area contributed by atoms with E-state index in [1.807, 2.05) is 13.1 Å². The number of rotatable bonds is 8. The molecule has 0 atom stereocenters. The van der Waals surface area contributed by atoms with Crippen LogP contribution in [0.15, 0.2) is 30.7 Å². The van der Waals surface area contributed by atoms with Crippen LogP contribution in [-0.4, -0.2) is 41.5 Å². The molecule has 0 radical (unpaired) electrons. The summed E-state index contributed by atoms with van der Waals surface area (Å²) >= 11 is 6.24. The molecular formula is C16H19ClN4O3. The first-order valence-electron chi connectivity index (χ1n) is 7.20. The highest BCUT2D eigenvalue weighted by atomic mass is 35.5. The van der Waals surface area contributed by atoms with Crippen LogP contribution >= 0.6 is 11.6 Å². The van der Waals surface area contributed by atoms with Crippen molar-refractivity contribution in [2.24, 2.45) is 5.73 Å². The quantitative estimate of drug-likeness (QED) is 0.778. The molecule has 8 heteroatoms. The Morgan fingerprint density at radius 1 is 1.33 bits per heavy atom. The molecule has 0 aliphatic heterocycles. The topological polar surface area (TPSA) is 90.6 Å². The fourth-order valence-electron chi connectivity index (χ4n) is 2.20. The average Bonchev–Trinajstić information content (AvgIpc) is 2.54. The van der Waals surface area contributed by atoms with E-state index in [4.69, 9.17) is 26.8 Å². The molecule has 1 aromatic heterocycles. The Labute approximate surface area is 145 Å². The summed E-state index contributed by atoms with van der Waals surface area (Å²) in [4.78, 5) is 21.2. The van der Waals surface area contributed by atoms with Gasteiger partial charge in [0.15, 0.2) is 18.1 Å². The number of ether oxygens (including phenoxy) is 2. The van der Waals surface area contributed by atoms with Crippen molar-refractivity contribution < 1.29 is 14.3 Å². The number of hydrogen-bond acceptors (Lipinski definition) is 6. The third-order valence-electron chi connectivity index (χ3n) is 3.15. The smallest absolute Gasteiger partial charge is 0.255 e. The van der Waals surface area contributed by atoms with Crippen LogP contribution < -0.4 is 15.2 Å². The van der Waals surface area contributed by atoms with Gasteiger partial charge in [0.05, 0.1) is 17.8 Å². The minimum Gasteiger partial charge on any atom is -0.493 e. The molecule has 0 bridgehead atoms. The highest BCUT2D eigenvalue weighted by Crippen LogP contribution is 2.36. The van der Waals surface area contributed by atoms with Gasteiger partial charge in [-0.05, 0) is 24.7 Å². The number of amides is 1. The predicted octanol–water partition coefficient (Wildman–Crippen LogP) is 1.63. The first-order valence-corrected chi connectivity index (χ1v) is 7.58. The maximum Gasteiger partial charge on any atom is 0.255 e. The third-order valence-corrected chi connectivity index (χ3v) is 3.43. The van der Waals surface area contributed by atoms with Crippen molar-refractivity contribution in [3.8, 4) is 11.5 Å². The number of carbonyl (C=O) groups excluding carboxylic acids is 1. The van der Waals surface area contributed by atoms with E-state index in [2.05, 4.69) is 14.9 Å². The summed E-state index contributed by atoms with van der Waals surface area (Å²) in [6, 6.07) is 3.59. The maximum atomic E-state index is 10.9. The number of primary amides is 1. The fraction of sp³-hybridized carbons (Fsp3) is 0.312. The first-order chi connectivity index (χ1) is 11.5. The van der Waals surface area contributed by atoms with Crippen LogP contribution in [0.4, 0.5) is 0 Å². The van der Waals surface area contributed by atoms with Crippen LogP contribution in [-0.2, 0) is 17.9 Å². The van der Waals surface area contributed by atoms with Gasteiger partial charge in [0.2, 0.25) is 0 Å². The van der Waals surface area contributed by atoms with Crippen LogP contribution in [0.1, 0.15) is 11.3 Å². The Bertz CT molecular complexity index is 697. The minimum atomic E-state index is -0.582. The van der Waals surface area contributed by atoms with Crippen molar-refractivity contribution >= 4 is 17.5 Å². The largest absolute Gasteiger partial charge is 0.493 e. The molecule has 2 aromatic rings. The SMILES string of the molecule is COc1cc(CN(C)Cc2cnccn2)cc(Cl)c1OCC(N)=O. The average molecular weight is 351 g/mol. The molecule has 0 saturated carbocycles. The van der Waals surface area contributed by atoms with Crippen molar-refractivity contribution in [2.45, 2.75) is 13.1 Å². The third kappa shape index (κ3) is 5.07. The molecule has 0 unspecified atom stereocenters. The lowest BCUT2D eigenvalue weighted by Gasteiger charge is -2.18. The summed E-state index contributed by atoms with van der Waals surface area (Å²) in [6.45, 7) is 1.01. The summed E-state index contributed by atoms with van der Waals surface area (Å²) in [7, 11) is 3.47. The summed E-state index contributed by atoms with van der Waals surface area (Å²) in [5.74, 6) is 0.172. The van der Waals surface area contributed by atoms with E-state index in [9.17, 15) is 4.79 Å².